The van der Waals surface area contributed by atoms with E-state index in [1.165, 1.54) is 5.56 Å². The van der Waals surface area contributed by atoms with Crippen molar-refractivity contribution in [1.82, 2.24) is 0 Å². The van der Waals surface area contributed by atoms with Gasteiger partial charge in [-0.3, -0.25) is 4.79 Å². The first kappa shape index (κ1) is 15.8. The Morgan fingerprint density at radius 2 is 2.09 bits per heavy atom. The normalized spacial score (nSPS) is 10.0. The number of nitrogens with one attached hydrogen (secondary N) is 1. The second-order valence-electron chi connectivity index (χ2n) is 5.28. The van der Waals surface area contributed by atoms with E-state index in [9.17, 15) is 4.79 Å². The molecule has 1 amide bonds. The van der Waals surface area contributed by atoms with Gasteiger partial charge in [-0.1, -0.05) is 29.7 Å². The number of aryl methyl sites for hydroxylation is 2. The number of carbonyl (C=O) groups is 1. The van der Waals surface area contributed by atoms with Gasteiger partial charge >= 0.3 is 0 Å². The van der Waals surface area contributed by atoms with Crippen LogP contribution in [-0.4, -0.2) is 13.8 Å². The number of rotatable bonds is 5. The molecule has 0 atom stereocenters. The van der Waals surface area contributed by atoms with Gasteiger partial charge in [-0.15, -0.1) is 0 Å². The van der Waals surface area contributed by atoms with Crippen LogP contribution in [-0.2, 0) is 11.2 Å². The number of nitriles is 1. The Morgan fingerprint density at radius 3 is 2.82 bits per heavy atom. The van der Waals surface area contributed by atoms with Crippen molar-refractivity contribution in [1.29, 1.82) is 5.26 Å². The molecule has 1 N–H and O–H groups in total. The number of carbonyl (C=O) groups excluding carboxylic acids is 1. The quantitative estimate of drug-likeness (QED) is 0.860. The minimum Gasteiger partial charge on any atom is -0.326 e. The van der Waals surface area contributed by atoms with Crippen molar-refractivity contribution in [3.63, 3.8) is 0 Å². The molecule has 0 bridgehead atoms. The fourth-order valence-electron chi connectivity index (χ4n) is 2.33. The second kappa shape index (κ2) is 7.47. The number of benzene rings is 2. The van der Waals surface area contributed by atoms with Crippen molar-refractivity contribution >= 4 is 24.9 Å². The number of hydrogen-bond donors (Lipinski definition) is 1. The van der Waals surface area contributed by atoms with Gasteiger partial charge in [-0.2, -0.15) is 5.26 Å². The molecule has 2 rings (SSSR count). The largest absolute Gasteiger partial charge is 0.326 e. The average Bonchev–Trinajstić information content (AvgIpc) is 2.49. The van der Waals surface area contributed by atoms with Gasteiger partial charge in [0.2, 0.25) is 5.91 Å². The fourth-order valence-corrected chi connectivity index (χ4v) is 2.33. The SMILES string of the molecule is [B]c1ccc(CCCC(=O)Nc2cccc(C#N)c2)c(C)c1. The highest BCUT2D eigenvalue weighted by Gasteiger charge is 2.05. The van der Waals surface area contributed by atoms with Gasteiger partial charge in [0.15, 0.2) is 0 Å². The van der Waals surface area contributed by atoms with Gasteiger partial charge in [0.1, 0.15) is 7.85 Å². The summed E-state index contributed by atoms with van der Waals surface area (Å²) in [5.41, 5.74) is 4.33. The Kier molecular flexibility index (Phi) is 5.38. The lowest BCUT2D eigenvalue weighted by atomic mass is 9.91. The summed E-state index contributed by atoms with van der Waals surface area (Å²) in [7, 11) is 5.73. The zero-order valence-electron chi connectivity index (χ0n) is 12.6. The van der Waals surface area contributed by atoms with Gasteiger partial charge in [-0.05, 0) is 49.1 Å². The third-order valence-electron chi connectivity index (χ3n) is 3.49. The molecule has 0 aliphatic heterocycles. The first-order valence-corrected chi connectivity index (χ1v) is 7.23. The van der Waals surface area contributed by atoms with Crippen LogP contribution < -0.4 is 10.8 Å². The van der Waals surface area contributed by atoms with Crippen LogP contribution in [0.1, 0.15) is 29.5 Å². The molecule has 0 heterocycles. The van der Waals surface area contributed by atoms with Crippen molar-refractivity contribution in [2.45, 2.75) is 26.2 Å². The molecule has 0 aliphatic rings. The Balaban J connectivity index is 1.84. The summed E-state index contributed by atoms with van der Waals surface area (Å²) in [6.07, 6.45) is 2.06. The highest BCUT2D eigenvalue weighted by molar-refractivity contribution is 6.32. The number of hydrogen-bond acceptors (Lipinski definition) is 2. The van der Waals surface area contributed by atoms with Crippen LogP contribution >= 0.6 is 0 Å². The van der Waals surface area contributed by atoms with E-state index in [2.05, 4.69) is 11.4 Å². The van der Waals surface area contributed by atoms with Gasteiger partial charge < -0.3 is 5.32 Å². The molecule has 2 radical (unpaired) electrons. The van der Waals surface area contributed by atoms with Gasteiger partial charge in [0.25, 0.3) is 0 Å². The minimum absolute atomic E-state index is 0.0387. The summed E-state index contributed by atoms with van der Waals surface area (Å²) in [6, 6.07) is 14.8. The van der Waals surface area contributed by atoms with Crippen molar-refractivity contribution in [2.75, 3.05) is 5.32 Å². The van der Waals surface area contributed by atoms with Crippen LogP contribution in [0.5, 0.6) is 0 Å². The van der Waals surface area contributed by atoms with Crippen molar-refractivity contribution < 1.29 is 4.79 Å². The van der Waals surface area contributed by atoms with Crippen LogP contribution in [0.25, 0.3) is 0 Å². The number of amides is 1. The summed E-state index contributed by atoms with van der Waals surface area (Å²) >= 11 is 0. The Morgan fingerprint density at radius 1 is 1.27 bits per heavy atom. The van der Waals surface area contributed by atoms with E-state index in [0.29, 0.717) is 17.7 Å². The van der Waals surface area contributed by atoms with Gasteiger partial charge in [-0.25, -0.2) is 0 Å². The first-order valence-electron chi connectivity index (χ1n) is 7.23. The molecule has 3 nitrogen and oxygen atoms in total. The highest BCUT2D eigenvalue weighted by atomic mass is 16.1. The Hall–Kier alpha value is -2.54. The lowest BCUT2D eigenvalue weighted by Crippen LogP contribution is -2.12. The lowest BCUT2D eigenvalue weighted by molar-refractivity contribution is -0.116. The van der Waals surface area contributed by atoms with Crippen molar-refractivity contribution in [3.05, 3.63) is 59.2 Å². The molecule has 0 unspecified atom stereocenters. The second-order valence-corrected chi connectivity index (χ2v) is 5.28. The third kappa shape index (κ3) is 4.49. The van der Waals surface area contributed by atoms with Crippen molar-refractivity contribution in [2.24, 2.45) is 0 Å². The van der Waals surface area contributed by atoms with E-state index in [4.69, 9.17) is 13.1 Å². The standard InChI is InChI=1S/C18H17BN2O/c1-13-10-16(19)9-8-15(13)5-3-7-18(22)21-17-6-2-4-14(11-17)12-20/h2,4,6,8-11H,3,5,7H2,1H3,(H,21,22). The first-order chi connectivity index (χ1) is 10.6. The highest BCUT2D eigenvalue weighted by Crippen LogP contribution is 2.12. The Labute approximate surface area is 132 Å². The van der Waals surface area contributed by atoms with Gasteiger partial charge in [0.05, 0.1) is 11.6 Å². The van der Waals surface area contributed by atoms with E-state index in [0.717, 1.165) is 23.9 Å². The molecular weight excluding hydrogens is 271 g/mol. The summed E-state index contributed by atoms with van der Waals surface area (Å²) < 4.78 is 0. The molecule has 2 aromatic rings. The summed E-state index contributed by atoms with van der Waals surface area (Å²) in [5, 5.41) is 11.7. The number of nitrogens with zero attached hydrogens (tertiary/aromatic N) is 1. The zero-order valence-corrected chi connectivity index (χ0v) is 12.6. The predicted molar refractivity (Wildman–Crippen MR) is 89.3 cm³/mol. The molecule has 0 fully saturated rings. The molecule has 0 spiro atoms. The minimum atomic E-state index is -0.0387. The maximum absolute atomic E-state index is 11.9. The molecule has 108 valence electrons. The molecule has 0 saturated carbocycles. The average molecular weight is 288 g/mol. The topological polar surface area (TPSA) is 52.9 Å². The summed E-state index contributed by atoms with van der Waals surface area (Å²) in [6.45, 7) is 2.03. The molecule has 0 saturated heterocycles. The molecule has 4 heteroatoms. The van der Waals surface area contributed by atoms with Crippen LogP contribution in [0.15, 0.2) is 42.5 Å². The summed E-state index contributed by atoms with van der Waals surface area (Å²) in [5.74, 6) is -0.0387. The van der Waals surface area contributed by atoms with E-state index in [-0.39, 0.29) is 5.91 Å². The monoisotopic (exact) mass is 288 g/mol. The molecule has 22 heavy (non-hydrogen) atoms. The summed E-state index contributed by atoms with van der Waals surface area (Å²) in [4.78, 5) is 11.9. The molecule has 0 aliphatic carbocycles. The van der Waals surface area contributed by atoms with E-state index in [1.807, 2.05) is 25.1 Å². The predicted octanol–water partition coefficient (Wildman–Crippen LogP) is 2.62. The van der Waals surface area contributed by atoms with E-state index >= 15 is 0 Å². The fraction of sp³-hybridized carbons (Fsp3) is 0.222. The van der Waals surface area contributed by atoms with Crippen molar-refractivity contribution in [3.8, 4) is 6.07 Å². The van der Waals surface area contributed by atoms with Crippen LogP contribution in [0, 0.1) is 18.3 Å². The van der Waals surface area contributed by atoms with Gasteiger partial charge in [0, 0.05) is 12.1 Å². The zero-order chi connectivity index (χ0) is 15.9. The van der Waals surface area contributed by atoms with E-state index < -0.39 is 0 Å². The molecule has 0 aromatic heterocycles. The number of anilines is 1. The van der Waals surface area contributed by atoms with Crippen LogP contribution in [0.4, 0.5) is 5.69 Å². The smallest absolute Gasteiger partial charge is 0.224 e. The maximum Gasteiger partial charge on any atom is 0.224 e. The molecular formula is C18H17BN2O. The third-order valence-corrected chi connectivity index (χ3v) is 3.49. The maximum atomic E-state index is 11.9. The lowest BCUT2D eigenvalue weighted by Gasteiger charge is -2.08. The van der Waals surface area contributed by atoms with E-state index in [1.54, 1.807) is 24.3 Å². The Bertz CT molecular complexity index is 719. The molecule has 2 aromatic carbocycles. The van der Waals surface area contributed by atoms with Crippen LogP contribution in [0.3, 0.4) is 0 Å². The van der Waals surface area contributed by atoms with Crippen LogP contribution in [0.2, 0.25) is 0 Å².